The number of para-hydroxylation sites is 1. The summed E-state index contributed by atoms with van der Waals surface area (Å²) >= 11 is 3.40. The highest BCUT2D eigenvalue weighted by Gasteiger charge is 2.10. The normalized spacial score (nSPS) is 10.4. The first-order valence-electron chi connectivity index (χ1n) is 8.90. The Morgan fingerprint density at radius 2 is 1.69 bits per heavy atom. The number of nitrogens with zero attached hydrogens (tertiary/aromatic N) is 2. The quantitative estimate of drug-likeness (QED) is 0.412. The number of hydrogen-bond donors (Lipinski definition) is 1. The molecule has 0 unspecified atom stereocenters. The van der Waals surface area contributed by atoms with Gasteiger partial charge in [-0.15, -0.1) is 0 Å². The van der Waals surface area contributed by atoms with E-state index < -0.39 is 0 Å². The van der Waals surface area contributed by atoms with E-state index in [1.165, 1.54) is 6.33 Å². The first kappa shape index (κ1) is 18.8. The van der Waals surface area contributed by atoms with Crippen LogP contribution in [0.25, 0.3) is 11.3 Å². The molecule has 0 aliphatic rings. The number of nitrogens with one attached hydrogen (secondary N) is 1. The van der Waals surface area contributed by atoms with Crippen LogP contribution in [0.5, 0.6) is 11.6 Å². The van der Waals surface area contributed by atoms with E-state index in [1.807, 2.05) is 66.7 Å². The molecule has 6 heteroatoms. The van der Waals surface area contributed by atoms with Crippen LogP contribution in [0, 0.1) is 0 Å². The number of hydrogen-bond acceptors (Lipinski definition) is 4. The summed E-state index contributed by atoms with van der Waals surface area (Å²) < 4.78 is 6.67. The lowest BCUT2D eigenvalue weighted by atomic mass is 10.1. The molecule has 1 aromatic heterocycles. The fraction of sp³-hybridized carbons (Fsp3) is 0. The predicted octanol–water partition coefficient (Wildman–Crippen LogP) is 5.95. The highest BCUT2D eigenvalue weighted by Crippen LogP contribution is 2.25. The number of carbonyl (C=O) groups excluding carboxylic acids is 1. The topological polar surface area (TPSA) is 64.1 Å². The van der Waals surface area contributed by atoms with E-state index in [0.29, 0.717) is 22.9 Å². The van der Waals surface area contributed by atoms with Crippen molar-refractivity contribution in [3.8, 4) is 22.9 Å². The molecule has 4 aromatic rings. The molecule has 1 N–H and O–H groups in total. The number of carbonyl (C=O) groups is 1. The van der Waals surface area contributed by atoms with Crippen LogP contribution in [-0.4, -0.2) is 15.9 Å². The number of ether oxygens (including phenoxy) is 1. The van der Waals surface area contributed by atoms with E-state index in [9.17, 15) is 4.79 Å². The van der Waals surface area contributed by atoms with Crippen LogP contribution in [0.3, 0.4) is 0 Å². The van der Waals surface area contributed by atoms with Crippen molar-refractivity contribution in [3.05, 3.63) is 101 Å². The molecule has 0 aliphatic heterocycles. The van der Waals surface area contributed by atoms with Crippen LogP contribution in [-0.2, 0) is 0 Å². The van der Waals surface area contributed by atoms with Gasteiger partial charge in [-0.05, 0) is 42.5 Å². The summed E-state index contributed by atoms with van der Waals surface area (Å²) in [7, 11) is 0. The first-order chi connectivity index (χ1) is 14.2. The predicted molar refractivity (Wildman–Crippen MR) is 116 cm³/mol. The van der Waals surface area contributed by atoms with Crippen LogP contribution >= 0.6 is 15.9 Å². The van der Waals surface area contributed by atoms with Gasteiger partial charge in [-0.25, -0.2) is 9.97 Å². The van der Waals surface area contributed by atoms with Crippen LogP contribution < -0.4 is 10.1 Å². The summed E-state index contributed by atoms with van der Waals surface area (Å²) in [4.78, 5) is 21.1. The molecule has 5 nitrogen and oxygen atoms in total. The molecule has 0 radical (unpaired) electrons. The molecule has 142 valence electrons. The monoisotopic (exact) mass is 445 g/mol. The van der Waals surface area contributed by atoms with Crippen molar-refractivity contribution in [1.82, 2.24) is 9.97 Å². The van der Waals surface area contributed by atoms with Gasteiger partial charge >= 0.3 is 0 Å². The smallest absolute Gasteiger partial charge is 0.255 e. The van der Waals surface area contributed by atoms with E-state index >= 15 is 0 Å². The molecule has 0 fully saturated rings. The highest BCUT2D eigenvalue weighted by atomic mass is 79.9. The standard InChI is InChI=1S/C23H16BrN3O2/c24-18-8-5-9-19(13-18)27-23(28)17-7-4-6-16(12-17)21-14-22(26-15-25-21)29-20-10-2-1-3-11-20/h1-15H,(H,27,28). The minimum atomic E-state index is -0.195. The van der Waals surface area contributed by atoms with E-state index in [-0.39, 0.29) is 5.91 Å². The lowest BCUT2D eigenvalue weighted by molar-refractivity contribution is 0.102. The van der Waals surface area contributed by atoms with Gasteiger partial charge < -0.3 is 10.1 Å². The number of anilines is 1. The van der Waals surface area contributed by atoms with Gasteiger partial charge in [0.1, 0.15) is 12.1 Å². The van der Waals surface area contributed by atoms with Crippen LogP contribution in [0.4, 0.5) is 5.69 Å². The number of rotatable bonds is 5. The fourth-order valence-electron chi connectivity index (χ4n) is 2.75. The Bertz CT molecular complexity index is 1150. The number of halogens is 1. The Morgan fingerprint density at radius 3 is 2.52 bits per heavy atom. The molecule has 0 bridgehead atoms. The molecular weight excluding hydrogens is 430 g/mol. The van der Waals surface area contributed by atoms with Crippen molar-refractivity contribution < 1.29 is 9.53 Å². The average molecular weight is 446 g/mol. The van der Waals surface area contributed by atoms with Crippen molar-refractivity contribution in [2.24, 2.45) is 0 Å². The third-order valence-corrected chi connectivity index (χ3v) is 4.60. The highest BCUT2D eigenvalue weighted by molar-refractivity contribution is 9.10. The van der Waals surface area contributed by atoms with Crippen LogP contribution in [0.2, 0.25) is 0 Å². The summed E-state index contributed by atoms with van der Waals surface area (Å²) in [5, 5.41) is 2.90. The summed E-state index contributed by atoms with van der Waals surface area (Å²) in [5.41, 5.74) is 2.72. The summed E-state index contributed by atoms with van der Waals surface area (Å²) in [6.45, 7) is 0. The molecule has 0 saturated heterocycles. The Hall–Kier alpha value is -3.51. The maximum atomic E-state index is 12.6. The summed E-state index contributed by atoms with van der Waals surface area (Å²) in [6, 6.07) is 25.9. The zero-order chi connectivity index (χ0) is 20.1. The fourth-order valence-corrected chi connectivity index (χ4v) is 3.15. The van der Waals surface area contributed by atoms with Crippen molar-refractivity contribution >= 4 is 27.5 Å². The number of benzene rings is 3. The van der Waals surface area contributed by atoms with Crippen LogP contribution in [0.1, 0.15) is 10.4 Å². The minimum absolute atomic E-state index is 0.195. The Morgan fingerprint density at radius 1 is 0.862 bits per heavy atom. The van der Waals surface area contributed by atoms with Gasteiger partial charge in [0.15, 0.2) is 0 Å². The molecule has 1 amide bonds. The zero-order valence-corrected chi connectivity index (χ0v) is 16.8. The van der Waals surface area contributed by atoms with Crippen molar-refractivity contribution in [2.75, 3.05) is 5.32 Å². The second kappa shape index (κ2) is 8.67. The van der Waals surface area contributed by atoms with Gasteiger partial charge in [-0.3, -0.25) is 4.79 Å². The maximum Gasteiger partial charge on any atom is 0.255 e. The lowest BCUT2D eigenvalue weighted by Crippen LogP contribution is -2.11. The molecule has 29 heavy (non-hydrogen) atoms. The molecule has 0 aliphatic carbocycles. The SMILES string of the molecule is O=C(Nc1cccc(Br)c1)c1cccc(-c2cc(Oc3ccccc3)ncn2)c1. The molecule has 0 saturated carbocycles. The Kier molecular flexibility index (Phi) is 5.63. The van der Waals surface area contributed by atoms with E-state index in [1.54, 1.807) is 18.2 Å². The second-order valence-electron chi connectivity index (χ2n) is 6.20. The largest absolute Gasteiger partial charge is 0.439 e. The van der Waals surface area contributed by atoms with Crippen molar-refractivity contribution in [1.29, 1.82) is 0 Å². The van der Waals surface area contributed by atoms with E-state index in [2.05, 4.69) is 31.2 Å². The molecule has 3 aromatic carbocycles. The molecular formula is C23H16BrN3O2. The molecule has 4 rings (SSSR count). The lowest BCUT2D eigenvalue weighted by Gasteiger charge is -2.08. The third kappa shape index (κ3) is 4.86. The number of amides is 1. The number of aromatic nitrogens is 2. The zero-order valence-electron chi connectivity index (χ0n) is 15.2. The summed E-state index contributed by atoms with van der Waals surface area (Å²) in [5.74, 6) is 0.934. The van der Waals surface area contributed by atoms with Gasteiger partial charge in [-0.1, -0.05) is 52.3 Å². The van der Waals surface area contributed by atoms with Gasteiger partial charge in [0.05, 0.1) is 5.69 Å². The summed E-state index contributed by atoms with van der Waals surface area (Å²) in [6.07, 6.45) is 1.45. The minimum Gasteiger partial charge on any atom is -0.439 e. The Balaban J connectivity index is 1.55. The second-order valence-corrected chi connectivity index (χ2v) is 7.12. The van der Waals surface area contributed by atoms with Gasteiger partial charge in [0.2, 0.25) is 5.88 Å². The Labute approximate surface area is 176 Å². The molecule has 1 heterocycles. The first-order valence-corrected chi connectivity index (χ1v) is 9.69. The van der Waals surface area contributed by atoms with Gasteiger partial charge in [0.25, 0.3) is 5.91 Å². The molecule has 0 spiro atoms. The van der Waals surface area contributed by atoms with Crippen molar-refractivity contribution in [3.63, 3.8) is 0 Å². The van der Waals surface area contributed by atoms with Gasteiger partial charge in [-0.2, -0.15) is 0 Å². The van der Waals surface area contributed by atoms with Crippen molar-refractivity contribution in [2.45, 2.75) is 0 Å². The maximum absolute atomic E-state index is 12.6. The van der Waals surface area contributed by atoms with E-state index in [4.69, 9.17) is 4.74 Å². The third-order valence-electron chi connectivity index (χ3n) is 4.11. The average Bonchev–Trinajstić information content (AvgIpc) is 2.75. The molecule has 0 atom stereocenters. The van der Waals surface area contributed by atoms with Gasteiger partial charge in [0, 0.05) is 27.4 Å². The van der Waals surface area contributed by atoms with Crippen LogP contribution in [0.15, 0.2) is 95.7 Å². The van der Waals surface area contributed by atoms with E-state index in [0.717, 1.165) is 15.7 Å².